The number of carbonyl (C=O) groups excluding carboxylic acids is 2. The summed E-state index contributed by atoms with van der Waals surface area (Å²) < 4.78 is 4.66. The number of Topliss-reactive ketones (excluding diaryl/α,β-unsaturated/α-hetero) is 1. The predicted molar refractivity (Wildman–Crippen MR) is 101 cm³/mol. The van der Waals surface area contributed by atoms with E-state index >= 15 is 0 Å². The molecular formula is C22H24O3. The highest BCUT2D eigenvalue weighted by Crippen LogP contribution is 2.16. The molecule has 0 aliphatic rings. The molecule has 0 saturated carbocycles. The van der Waals surface area contributed by atoms with Crippen LogP contribution in [-0.4, -0.2) is 18.9 Å². The van der Waals surface area contributed by atoms with Gasteiger partial charge in [0, 0.05) is 16.7 Å². The summed E-state index contributed by atoms with van der Waals surface area (Å²) >= 11 is 0. The molecular weight excluding hydrogens is 312 g/mol. The fraction of sp³-hybridized carbons (Fsp3) is 0.273. The van der Waals surface area contributed by atoms with E-state index in [4.69, 9.17) is 0 Å². The number of benzene rings is 2. The lowest BCUT2D eigenvalue weighted by atomic mass is 9.96. The lowest BCUT2D eigenvalue weighted by Crippen LogP contribution is -2.02. The van der Waals surface area contributed by atoms with Crippen molar-refractivity contribution in [2.45, 2.75) is 34.1 Å². The molecule has 2 aromatic carbocycles. The van der Waals surface area contributed by atoms with Crippen LogP contribution in [0.4, 0.5) is 0 Å². The standard InChI is InChI=1S/C20H18O3.C2H6/c1-4-16-6-5-7-17(19(16)14(2)21)11-8-15-9-12-18(13-10-15)20(22)23-3;1-2/h5-7,9-10,12-13H,4H2,1-3H3;1-2H3. The number of carbonyl (C=O) groups is 2. The Morgan fingerprint density at radius 1 is 1.00 bits per heavy atom. The number of ketones is 1. The maximum atomic E-state index is 11.9. The van der Waals surface area contributed by atoms with Crippen LogP contribution in [0.15, 0.2) is 42.5 Å². The molecule has 0 bridgehead atoms. The van der Waals surface area contributed by atoms with Crippen molar-refractivity contribution in [2.75, 3.05) is 7.11 Å². The van der Waals surface area contributed by atoms with Crippen LogP contribution in [0.1, 0.15) is 65.1 Å². The maximum absolute atomic E-state index is 11.9. The van der Waals surface area contributed by atoms with Gasteiger partial charge in [-0.2, -0.15) is 0 Å². The first-order valence-corrected chi connectivity index (χ1v) is 8.40. The summed E-state index contributed by atoms with van der Waals surface area (Å²) in [7, 11) is 1.35. The van der Waals surface area contributed by atoms with Gasteiger partial charge in [0.2, 0.25) is 0 Å². The molecule has 0 spiro atoms. The first kappa shape index (κ1) is 20.2. The molecule has 3 heteroatoms. The topological polar surface area (TPSA) is 43.4 Å². The minimum Gasteiger partial charge on any atom is -0.465 e. The molecule has 0 unspecified atom stereocenters. The third-order valence-electron chi connectivity index (χ3n) is 3.53. The number of ether oxygens (including phenoxy) is 1. The summed E-state index contributed by atoms with van der Waals surface area (Å²) in [5, 5.41) is 0. The van der Waals surface area contributed by atoms with Crippen LogP contribution >= 0.6 is 0 Å². The summed E-state index contributed by atoms with van der Waals surface area (Å²) in [6, 6.07) is 12.6. The summed E-state index contributed by atoms with van der Waals surface area (Å²) in [5.41, 5.74) is 3.68. The van der Waals surface area contributed by atoms with Crippen molar-refractivity contribution >= 4 is 11.8 Å². The van der Waals surface area contributed by atoms with Crippen molar-refractivity contribution in [3.8, 4) is 11.8 Å². The maximum Gasteiger partial charge on any atom is 0.337 e. The van der Waals surface area contributed by atoms with Gasteiger partial charge < -0.3 is 4.74 Å². The monoisotopic (exact) mass is 336 g/mol. The molecule has 3 nitrogen and oxygen atoms in total. The van der Waals surface area contributed by atoms with Crippen molar-refractivity contribution in [3.05, 3.63) is 70.3 Å². The van der Waals surface area contributed by atoms with Crippen LogP contribution in [0.3, 0.4) is 0 Å². The van der Waals surface area contributed by atoms with Crippen molar-refractivity contribution in [1.29, 1.82) is 0 Å². The quantitative estimate of drug-likeness (QED) is 0.465. The van der Waals surface area contributed by atoms with E-state index in [0.717, 1.165) is 23.1 Å². The summed E-state index contributed by atoms with van der Waals surface area (Å²) in [6.07, 6.45) is 0.790. The van der Waals surface area contributed by atoms with Gasteiger partial charge >= 0.3 is 5.97 Å². The van der Waals surface area contributed by atoms with Gasteiger partial charge in [-0.25, -0.2) is 4.79 Å². The zero-order valence-corrected chi connectivity index (χ0v) is 15.5. The first-order chi connectivity index (χ1) is 12.1. The highest BCUT2D eigenvalue weighted by molar-refractivity contribution is 5.98. The van der Waals surface area contributed by atoms with E-state index in [-0.39, 0.29) is 11.8 Å². The molecule has 0 saturated heterocycles. The third-order valence-corrected chi connectivity index (χ3v) is 3.53. The molecule has 0 atom stereocenters. The summed E-state index contributed by atoms with van der Waals surface area (Å²) in [6.45, 7) is 7.58. The minimum absolute atomic E-state index is 0.0211. The highest BCUT2D eigenvalue weighted by Gasteiger charge is 2.10. The molecule has 25 heavy (non-hydrogen) atoms. The molecule has 2 rings (SSSR count). The Hall–Kier alpha value is -2.86. The van der Waals surface area contributed by atoms with E-state index in [0.29, 0.717) is 11.1 Å². The van der Waals surface area contributed by atoms with Gasteiger partial charge in [-0.05, 0) is 49.2 Å². The van der Waals surface area contributed by atoms with Crippen molar-refractivity contribution in [3.63, 3.8) is 0 Å². The third kappa shape index (κ3) is 5.32. The minimum atomic E-state index is -0.376. The Morgan fingerprint density at radius 2 is 1.64 bits per heavy atom. The van der Waals surface area contributed by atoms with E-state index in [1.165, 1.54) is 7.11 Å². The lowest BCUT2D eigenvalue weighted by molar-refractivity contribution is 0.0600. The van der Waals surface area contributed by atoms with E-state index in [1.54, 1.807) is 31.2 Å². The highest BCUT2D eigenvalue weighted by atomic mass is 16.5. The SMILES string of the molecule is CC.CCc1cccc(C#Cc2ccc(C(=O)OC)cc2)c1C(C)=O. The van der Waals surface area contributed by atoms with Gasteiger partial charge in [-0.15, -0.1) is 0 Å². The number of esters is 1. The second-order valence-corrected chi connectivity index (χ2v) is 5.07. The average Bonchev–Trinajstić information content (AvgIpc) is 2.67. The van der Waals surface area contributed by atoms with Crippen molar-refractivity contribution in [1.82, 2.24) is 0 Å². The number of methoxy groups -OCH3 is 1. The predicted octanol–water partition coefficient (Wildman–Crippen LogP) is 4.66. The second-order valence-electron chi connectivity index (χ2n) is 5.07. The average molecular weight is 336 g/mol. The van der Waals surface area contributed by atoms with Gasteiger partial charge in [-0.1, -0.05) is 44.7 Å². The van der Waals surface area contributed by atoms with Crippen molar-refractivity contribution in [2.24, 2.45) is 0 Å². The Bertz CT molecular complexity index is 790. The molecule has 0 N–H and O–H groups in total. The number of hydrogen-bond donors (Lipinski definition) is 0. The Kier molecular flexibility index (Phi) is 8.15. The molecule has 2 aromatic rings. The fourth-order valence-corrected chi connectivity index (χ4v) is 2.36. The van der Waals surface area contributed by atoms with Gasteiger partial charge in [0.1, 0.15) is 0 Å². The largest absolute Gasteiger partial charge is 0.465 e. The Morgan fingerprint density at radius 3 is 2.16 bits per heavy atom. The number of hydrogen-bond acceptors (Lipinski definition) is 3. The Balaban J connectivity index is 0.00000151. The smallest absolute Gasteiger partial charge is 0.337 e. The lowest BCUT2D eigenvalue weighted by Gasteiger charge is -2.06. The van der Waals surface area contributed by atoms with Crippen LogP contribution in [0.5, 0.6) is 0 Å². The van der Waals surface area contributed by atoms with E-state index in [9.17, 15) is 9.59 Å². The number of rotatable bonds is 3. The van der Waals surface area contributed by atoms with Crippen LogP contribution in [0.2, 0.25) is 0 Å². The second kappa shape index (κ2) is 10.1. The summed E-state index contributed by atoms with van der Waals surface area (Å²) in [4.78, 5) is 23.3. The van der Waals surface area contributed by atoms with Crippen LogP contribution in [-0.2, 0) is 11.2 Å². The number of aryl methyl sites for hydroxylation is 1. The van der Waals surface area contributed by atoms with Gasteiger partial charge in [0.25, 0.3) is 0 Å². The van der Waals surface area contributed by atoms with E-state index < -0.39 is 0 Å². The van der Waals surface area contributed by atoms with E-state index in [2.05, 4.69) is 16.6 Å². The van der Waals surface area contributed by atoms with Crippen LogP contribution in [0, 0.1) is 11.8 Å². The molecule has 0 aromatic heterocycles. The molecule has 0 amide bonds. The van der Waals surface area contributed by atoms with Gasteiger partial charge in [0.05, 0.1) is 12.7 Å². The summed E-state index contributed by atoms with van der Waals surface area (Å²) in [5.74, 6) is 5.74. The van der Waals surface area contributed by atoms with E-state index in [1.807, 2.05) is 39.0 Å². The molecule has 0 aliphatic carbocycles. The molecule has 0 fully saturated rings. The van der Waals surface area contributed by atoms with Crippen molar-refractivity contribution < 1.29 is 14.3 Å². The molecule has 130 valence electrons. The molecule has 0 heterocycles. The van der Waals surface area contributed by atoms with Crippen LogP contribution < -0.4 is 0 Å². The molecule has 0 aliphatic heterocycles. The zero-order chi connectivity index (χ0) is 18.8. The Labute approximate surface area is 150 Å². The molecule has 0 radical (unpaired) electrons. The van der Waals surface area contributed by atoms with Gasteiger partial charge in [0.15, 0.2) is 5.78 Å². The van der Waals surface area contributed by atoms with Gasteiger partial charge in [-0.3, -0.25) is 4.79 Å². The first-order valence-electron chi connectivity index (χ1n) is 8.40. The zero-order valence-electron chi connectivity index (χ0n) is 15.5. The normalized spacial score (nSPS) is 9.16. The fourth-order valence-electron chi connectivity index (χ4n) is 2.36. The van der Waals surface area contributed by atoms with Crippen LogP contribution in [0.25, 0.3) is 0 Å².